The van der Waals surface area contributed by atoms with Crippen LogP contribution in [0.2, 0.25) is 0 Å². The number of hydrogen-bond donors (Lipinski definition) is 2. The minimum Gasteiger partial charge on any atom is -0.314 e. The zero-order valence-electron chi connectivity index (χ0n) is 13.0. The van der Waals surface area contributed by atoms with Crippen molar-refractivity contribution in [1.82, 2.24) is 15.5 Å². The molecule has 0 spiro atoms. The molecular weight excluding hydrogens is 268 g/mol. The molecular formula is C15H26N4O2. The molecule has 0 aromatic heterocycles. The number of carbonyl (C=O) groups is 2. The van der Waals surface area contributed by atoms with Crippen molar-refractivity contribution in [2.24, 2.45) is 10.9 Å². The van der Waals surface area contributed by atoms with E-state index in [1.807, 2.05) is 6.92 Å². The number of rotatable bonds is 6. The zero-order valence-corrected chi connectivity index (χ0v) is 13.0. The summed E-state index contributed by atoms with van der Waals surface area (Å²) in [5.41, 5.74) is 0. The van der Waals surface area contributed by atoms with Crippen molar-refractivity contribution < 1.29 is 9.59 Å². The van der Waals surface area contributed by atoms with E-state index in [0.29, 0.717) is 12.3 Å². The largest absolute Gasteiger partial charge is 0.314 e. The van der Waals surface area contributed by atoms with Crippen LogP contribution >= 0.6 is 0 Å². The van der Waals surface area contributed by atoms with Crippen LogP contribution in [0.5, 0.6) is 0 Å². The lowest BCUT2D eigenvalue weighted by atomic mass is 9.98. The number of amides is 2. The van der Waals surface area contributed by atoms with E-state index >= 15 is 0 Å². The Balaban J connectivity index is 2.14. The fourth-order valence-corrected chi connectivity index (χ4v) is 3.01. The first-order valence-electron chi connectivity index (χ1n) is 8.05. The Morgan fingerprint density at radius 3 is 2.52 bits per heavy atom. The van der Waals surface area contributed by atoms with E-state index in [2.05, 4.69) is 27.4 Å². The smallest absolute Gasteiger partial charge is 0.259 e. The number of amidine groups is 1. The van der Waals surface area contributed by atoms with Gasteiger partial charge in [-0.3, -0.25) is 14.5 Å². The standard InChI is InChI=1S/C15H26N4O2/c1-3-5-11-14(20)17-13(18-15(11)21)12(6-4-2)19-9-7-16-8-10-19/h11-12,16H,3-10H2,1-2H3,(H,17,18,20,21). The van der Waals surface area contributed by atoms with Crippen molar-refractivity contribution >= 4 is 17.6 Å². The maximum absolute atomic E-state index is 12.2. The molecule has 0 aromatic carbocycles. The van der Waals surface area contributed by atoms with Crippen molar-refractivity contribution in [2.45, 2.75) is 45.6 Å². The lowest BCUT2D eigenvalue weighted by Gasteiger charge is -2.36. The summed E-state index contributed by atoms with van der Waals surface area (Å²) in [6, 6.07) is 0.0487. The van der Waals surface area contributed by atoms with Crippen LogP contribution in [0.25, 0.3) is 0 Å². The molecule has 0 aromatic rings. The molecule has 2 aliphatic heterocycles. The minimum atomic E-state index is -0.593. The molecule has 2 rings (SSSR count). The second-order valence-electron chi connectivity index (χ2n) is 5.76. The molecule has 2 unspecified atom stereocenters. The minimum absolute atomic E-state index is 0.0487. The van der Waals surface area contributed by atoms with Gasteiger partial charge in [-0.05, 0) is 12.8 Å². The lowest BCUT2D eigenvalue weighted by Crippen LogP contribution is -2.57. The molecule has 0 bridgehead atoms. The van der Waals surface area contributed by atoms with Gasteiger partial charge in [0, 0.05) is 26.2 Å². The third-order valence-corrected chi connectivity index (χ3v) is 4.14. The summed E-state index contributed by atoms with van der Waals surface area (Å²) in [7, 11) is 0. The molecule has 2 heterocycles. The highest BCUT2D eigenvalue weighted by molar-refractivity contribution is 6.17. The molecule has 6 nitrogen and oxygen atoms in total. The Hall–Kier alpha value is -1.27. The van der Waals surface area contributed by atoms with Crippen LogP contribution in [0.1, 0.15) is 39.5 Å². The van der Waals surface area contributed by atoms with Gasteiger partial charge in [0.15, 0.2) is 0 Å². The van der Waals surface area contributed by atoms with Crippen LogP contribution < -0.4 is 10.6 Å². The van der Waals surface area contributed by atoms with Crippen molar-refractivity contribution in [3.63, 3.8) is 0 Å². The number of nitrogens with zero attached hydrogens (tertiary/aromatic N) is 2. The Bertz CT molecular complexity index is 416. The van der Waals surface area contributed by atoms with E-state index in [-0.39, 0.29) is 17.9 Å². The van der Waals surface area contributed by atoms with E-state index < -0.39 is 5.92 Å². The van der Waals surface area contributed by atoms with E-state index in [9.17, 15) is 9.59 Å². The summed E-state index contributed by atoms with van der Waals surface area (Å²) >= 11 is 0. The molecule has 21 heavy (non-hydrogen) atoms. The SMILES string of the molecule is CCCC1C(=O)N=C(C(CCC)N2CCNCC2)NC1=O. The average Bonchev–Trinajstić information content (AvgIpc) is 2.49. The second-order valence-corrected chi connectivity index (χ2v) is 5.76. The second kappa shape index (κ2) is 7.66. The molecule has 6 heteroatoms. The highest BCUT2D eigenvalue weighted by atomic mass is 16.2. The van der Waals surface area contributed by atoms with Crippen LogP contribution in [-0.2, 0) is 9.59 Å². The highest BCUT2D eigenvalue weighted by Gasteiger charge is 2.35. The van der Waals surface area contributed by atoms with Crippen molar-refractivity contribution in [2.75, 3.05) is 26.2 Å². The lowest BCUT2D eigenvalue weighted by molar-refractivity contribution is -0.133. The number of piperazine rings is 1. The maximum atomic E-state index is 12.2. The van der Waals surface area contributed by atoms with Gasteiger partial charge in [0.2, 0.25) is 5.91 Å². The molecule has 0 aliphatic carbocycles. The molecule has 1 saturated heterocycles. The summed E-state index contributed by atoms with van der Waals surface area (Å²) in [6.07, 6.45) is 3.29. The van der Waals surface area contributed by atoms with E-state index in [1.54, 1.807) is 0 Å². The zero-order chi connectivity index (χ0) is 15.2. The van der Waals surface area contributed by atoms with Gasteiger partial charge in [0.25, 0.3) is 5.91 Å². The summed E-state index contributed by atoms with van der Waals surface area (Å²) in [5, 5.41) is 6.21. The van der Waals surface area contributed by atoms with E-state index in [4.69, 9.17) is 0 Å². The molecule has 2 amide bonds. The van der Waals surface area contributed by atoms with Gasteiger partial charge in [0.05, 0.1) is 6.04 Å². The fraction of sp³-hybridized carbons (Fsp3) is 0.800. The molecule has 2 atom stereocenters. The van der Waals surface area contributed by atoms with Crippen LogP contribution in [0, 0.1) is 5.92 Å². The summed E-state index contributed by atoms with van der Waals surface area (Å²) in [4.78, 5) is 30.8. The fourth-order valence-electron chi connectivity index (χ4n) is 3.01. The highest BCUT2D eigenvalue weighted by Crippen LogP contribution is 2.17. The molecule has 118 valence electrons. The Morgan fingerprint density at radius 1 is 1.24 bits per heavy atom. The van der Waals surface area contributed by atoms with Gasteiger partial charge >= 0.3 is 0 Å². The number of aliphatic imine (C=N–C) groups is 1. The van der Waals surface area contributed by atoms with Gasteiger partial charge < -0.3 is 10.6 Å². The quantitative estimate of drug-likeness (QED) is 0.701. The molecule has 1 fully saturated rings. The van der Waals surface area contributed by atoms with E-state index in [1.165, 1.54) is 0 Å². The maximum Gasteiger partial charge on any atom is 0.259 e. The number of nitrogens with one attached hydrogen (secondary N) is 2. The summed E-state index contributed by atoms with van der Waals surface area (Å²) < 4.78 is 0. The van der Waals surface area contributed by atoms with Crippen LogP contribution in [0.15, 0.2) is 4.99 Å². The van der Waals surface area contributed by atoms with Crippen LogP contribution in [-0.4, -0.2) is 54.8 Å². The van der Waals surface area contributed by atoms with Crippen molar-refractivity contribution in [1.29, 1.82) is 0 Å². The molecule has 2 aliphatic rings. The van der Waals surface area contributed by atoms with Gasteiger partial charge in [-0.2, -0.15) is 4.99 Å². The van der Waals surface area contributed by atoms with E-state index in [0.717, 1.165) is 45.4 Å². The first-order chi connectivity index (χ1) is 10.2. The van der Waals surface area contributed by atoms with Gasteiger partial charge in [-0.1, -0.05) is 26.7 Å². The Labute approximate surface area is 126 Å². The summed E-state index contributed by atoms with van der Waals surface area (Å²) in [5.74, 6) is -0.486. The summed E-state index contributed by atoms with van der Waals surface area (Å²) in [6.45, 7) is 7.81. The molecule has 0 radical (unpaired) electrons. The average molecular weight is 294 g/mol. The third kappa shape index (κ3) is 3.89. The Kier molecular flexibility index (Phi) is 5.87. The topological polar surface area (TPSA) is 73.8 Å². The predicted octanol–water partition coefficient (Wildman–Crippen LogP) is 0.532. The van der Waals surface area contributed by atoms with Gasteiger partial charge in [0.1, 0.15) is 11.8 Å². The van der Waals surface area contributed by atoms with Crippen molar-refractivity contribution in [3.8, 4) is 0 Å². The monoisotopic (exact) mass is 294 g/mol. The molecule has 0 saturated carbocycles. The Morgan fingerprint density at radius 2 is 1.95 bits per heavy atom. The third-order valence-electron chi connectivity index (χ3n) is 4.14. The predicted molar refractivity (Wildman–Crippen MR) is 82.1 cm³/mol. The number of hydrogen-bond acceptors (Lipinski definition) is 4. The van der Waals surface area contributed by atoms with Crippen LogP contribution in [0.4, 0.5) is 0 Å². The van der Waals surface area contributed by atoms with Gasteiger partial charge in [-0.25, -0.2) is 0 Å². The normalized spacial score (nSPS) is 25.4. The number of carbonyl (C=O) groups excluding carboxylic acids is 2. The first kappa shape index (κ1) is 16.1. The van der Waals surface area contributed by atoms with Crippen molar-refractivity contribution in [3.05, 3.63) is 0 Å². The first-order valence-corrected chi connectivity index (χ1v) is 8.05. The molecule has 2 N–H and O–H groups in total. The van der Waals surface area contributed by atoms with Crippen LogP contribution in [0.3, 0.4) is 0 Å². The van der Waals surface area contributed by atoms with Gasteiger partial charge in [-0.15, -0.1) is 0 Å².